The molecule has 0 fully saturated rings. The number of para-hydroxylation sites is 3. The molecule has 2 amide bonds. The molecule has 0 aliphatic carbocycles. The molecule has 0 saturated heterocycles. The summed E-state index contributed by atoms with van der Waals surface area (Å²) in [6, 6.07) is 21.3. The maximum atomic E-state index is 13.4. The second-order valence-electron chi connectivity index (χ2n) is 8.29. The lowest BCUT2D eigenvalue weighted by Crippen LogP contribution is -2.27. The summed E-state index contributed by atoms with van der Waals surface area (Å²) in [6.45, 7) is 1.08. The molecule has 0 aliphatic heterocycles. The van der Waals surface area contributed by atoms with Gasteiger partial charge in [0.05, 0.1) is 42.6 Å². The van der Waals surface area contributed by atoms with Crippen molar-refractivity contribution in [2.24, 2.45) is 0 Å². The van der Waals surface area contributed by atoms with E-state index in [1.165, 1.54) is 18.9 Å². The van der Waals surface area contributed by atoms with Crippen LogP contribution < -0.4 is 20.9 Å². The maximum Gasteiger partial charge on any atom is 0.262 e. The largest absolute Gasteiger partial charge is 0.495 e. The molecule has 4 rings (SSSR count). The van der Waals surface area contributed by atoms with Crippen LogP contribution in [0.25, 0.3) is 10.9 Å². The Morgan fingerprint density at radius 3 is 2.47 bits per heavy atom. The third kappa shape index (κ3) is 6.58. The van der Waals surface area contributed by atoms with Crippen molar-refractivity contribution in [3.05, 3.63) is 94.3 Å². The first kappa shape index (κ1) is 26.9. The molecule has 1 aromatic heterocycles. The molecule has 38 heavy (non-hydrogen) atoms. The van der Waals surface area contributed by atoms with Crippen molar-refractivity contribution < 1.29 is 19.1 Å². The topological polar surface area (TPSA) is 112 Å². The van der Waals surface area contributed by atoms with Crippen LogP contribution in [0.2, 0.25) is 0 Å². The molecule has 1 heterocycles. The Morgan fingerprint density at radius 2 is 1.71 bits per heavy atom. The molecule has 2 N–H and O–H groups in total. The molecule has 0 atom stereocenters. The molecular formula is C28H28N4O5S. The highest BCUT2D eigenvalue weighted by Crippen LogP contribution is 2.24. The first-order valence-corrected chi connectivity index (χ1v) is 12.9. The van der Waals surface area contributed by atoms with Crippen molar-refractivity contribution in [1.82, 2.24) is 14.9 Å². The van der Waals surface area contributed by atoms with E-state index in [1.54, 1.807) is 66.3 Å². The van der Waals surface area contributed by atoms with Gasteiger partial charge in [-0.15, -0.1) is 0 Å². The van der Waals surface area contributed by atoms with Crippen molar-refractivity contribution in [3.63, 3.8) is 0 Å². The Labute approximate surface area is 224 Å². The number of aromatic nitrogens is 2. The van der Waals surface area contributed by atoms with Crippen LogP contribution in [0, 0.1) is 0 Å². The number of carbonyl (C=O) groups excluding carboxylic acids is 2. The summed E-state index contributed by atoms with van der Waals surface area (Å²) in [5, 5.41) is 6.53. The first-order chi connectivity index (χ1) is 18.5. The number of benzene rings is 3. The van der Waals surface area contributed by atoms with Gasteiger partial charge in [0.25, 0.3) is 11.5 Å². The van der Waals surface area contributed by atoms with Gasteiger partial charge in [0.1, 0.15) is 5.75 Å². The molecule has 4 aromatic rings. The van der Waals surface area contributed by atoms with Crippen molar-refractivity contribution in [1.29, 1.82) is 0 Å². The fourth-order valence-corrected chi connectivity index (χ4v) is 4.57. The molecule has 10 heteroatoms. The van der Waals surface area contributed by atoms with Gasteiger partial charge in [-0.05, 0) is 42.0 Å². The van der Waals surface area contributed by atoms with E-state index in [-0.39, 0.29) is 29.7 Å². The van der Waals surface area contributed by atoms with Crippen molar-refractivity contribution in [3.8, 4) is 5.75 Å². The normalized spacial score (nSPS) is 10.8. The summed E-state index contributed by atoms with van der Waals surface area (Å²) in [5.74, 6) is 0.152. The van der Waals surface area contributed by atoms with Gasteiger partial charge in [-0.3, -0.25) is 19.0 Å². The van der Waals surface area contributed by atoms with Crippen LogP contribution in [-0.4, -0.2) is 54.5 Å². The van der Waals surface area contributed by atoms with Gasteiger partial charge in [0.15, 0.2) is 5.16 Å². The number of carbonyl (C=O) groups is 2. The predicted molar refractivity (Wildman–Crippen MR) is 148 cm³/mol. The summed E-state index contributed by atoms with van der Waals surface area (Å²) in [7, 11) is 3.11. The van der Waals surface area contributed by atoms with Crippen LogP contribution in [-0.2, 0) is 16.1 Å². The Bertz CT molecular complexity index is 1490. The number of fused-ring (bicyclic) bond motifs is 1. The monoisotopic (exact) mass is 532 g/mol. The zero-order valence-corrected chi connectivity index (χ0v) is 21.9. The Morgan fingerprint density at radius 1 is 0.974 bits per heavy atom. The summed E-state index contributed by atoms with van der Waals surface area (Å²) in [5.41, 5.74) is 2.25. The fourth-order valence-electron chi connectivity index (χ4n) is 3.77. The second kappa shape index (κ2) is 12.9. The average molecular weight is 533 g/mol. The Kier molecular flexibility index (Phi) is 9.12. The molecule has 0 radical (unpaired) electrons. The van der Waals surface area contributed by atoms with Crippen LogP contribution in [0.15, 0.2) is 82.7 Å². The van der Waals surface area contributed by atoms with Gasteiger partial charge in [0, 0.05) is 19.2 Å². The molecule has 0 unspecified atom stereocenters. The van der Waals surface area contributed by atoms with E-state index >= 15 is 0 Å². The highest BCUT2D eigenvalue weighted by Gasteiger charge is 2.15. The van der Waals surface area contributed by atoms with Gasteiger partial charge in [0.2, 0.25) is 5.91 Å². The van der Waals surface area contributed by atoms with Gasteiger partial charge >= 0.3 is 0 Å². The smallest absolute Gasteiger partial charge is 0.262 e. The number of methoxy groups -OCH3 is 2. The minimum absolute atomic E-state index is 0.0451. The third-order valence-corrected chi connectivity index (χ3v) is 6.66. The molecule has 3 aromatic carbocycles. The van der Waals surface area contributed by atoms with E-state index in [4.69, 9.17) is 9.47 Å². The van der Waals surface area contributed by atoms with E-state index in [0.29, 0.717) is 46.2 Å². The number of thioether (sulfide) groups is 1. The number of rotatable bonds is 11. The molecule has 0 aliphatic rings. The molecule has 0 bridgehead atoms. The van der Waals surface area contributed by atoms with Crippen LogP contribution in [0.3, 0.4) is 0 Å². The quantitative estimate of drug-likeness (QED) is 0.173. The second-order valence-corrected chi connectivity index (χ2v) is 9.23. The zero-order chi connectivity index (χ0) is 26.9. The van der Waals surface area contributed by atoms with E-state index in [2.05, 4.69) is 15.6 Å². The molecule has 0 spiro atoms. The molecule has 9 nitrogen and oxygen atoms in total. The summed E-state index contributed by atoms with van der Waals surface area (Å²) in [6.07, 6.45) is 0. The minimum Gasteiger partial charge on any atom is -0.495 e. The number of nitrogens with one attached hydrogen (secondary N) is 2. The van der Waals surface area contributed by atoms with Crippen molar-refractivity contribution >= 4 is 40.2 Å². The number of hydrogen-bond acceptors (Lipinski definition) is 7. The standard InChI is InChI=1S/C28H28N4O5S/c1-36-16-15-29-26(34)20-13-11-19(12-14-20)17-32-27(35)21-7-3-4-8-22(21)31-28(32)38-18-25(33)30-23-9-5-6-10-24(23)37-2/h3-14H,15-18H2,1-2H3,(H,29,34)(H,30,33). The molecule has 0 saturated carbocycles. The van der Waals surface area contributed by atoms with Crippen molar-refractivity contribution in [2.45, 2.75) is 11.7 Å². The first-order valence-electron chi connectivity index (χ1n) is 11.9. The van der Waals surface area contributed by atoms with E-state index in [0.717, 1.165) is 5.56 Å². The van der Waals surface area contributed by atoms with Crippen LogP contribution in [0.4, 0.5) is 5.69 Å². The summed E-state index contributed by atoms with van der Waals surface area (Å²) in [4.78, 5) is 43.1. The van der Waals surface area contributed by atoms with Gasteiger partial charge in [-0.1, -0.05) is 48.2 Å². The number of nitrogens with zero attached hydrogens (tertiary/aromatic N) is 2. The number of anilines is 1. The predicted octanol–water partition coefficient (Wildman–Crippen LogP) is 3.56. The summed E-state index contributed by atoms with van der Waals surface area (Å²) >= 11 is 1.18. The van der Waals surface area contributed by atoms with Crippen molar-refractivity contribution in [2.75, 3.05) is 38.4 Å². The highest BCUT2D eigenvalue weighted by atomic mass is 32.2. The Hall–Kier alpha value is -4.15. The van der Waals surface area contributed by atoms with Gasteiger partial charge < -0.3 is 20.1 Å². The van der Waals surface area contributed by atoms with E-state index < -0.39 is 0 Å². The Balaban J connectivity index is 1.54. The van der Waals surface area contributed by atoms with E-state index in [9.17, 15) is 14.4 Å². The minimum atomic E-state index is -0.253. The lowest BCUT2D eigenvalue weighted by molar-refractivity contribution is -0.113. The van der Waals surface area contributed by atoms with Crippen LogP contribution in [0.1, 0.15) is 15.9 Å². The lowest BCUT2D eigenvalue weighted by atomic mass is 10.1. The summed E-state index contributed by atoms with van der Waals surface area (Å²) < 4.78 is 11.8. The fraction of sp³-hybridized carbons (Fsp3) is 0.214. The molecular weight excluding hydrogens is 504 g/mol. The zero-order valence-electron chi connectivity index (χ0n) is 21.1. The van der Waals surface area contributed by atoms with E-state index in [1.807, 2.05) is 18.2 Å². The maximum absolute atomic E-state index is 13.4. The number of ether oxygens (including phenoxy) is 2. The number of hydrogen-bond donors (Lipinski definition) is 2. The lowest BCUT2D eigenvalue weighted by Gasteiger charge is -2.14. The third-order valence-electron chi connectivity index (χ3n) is 5.69. The van der Waals surface area contributed by atoms with Crippen LogP contribution in [0.5, 0.6) is 5.75 Å². The highest BCUT2D eigenvalue weighted by molar-refractivity contribution is 7.99. The van der Waals surface area contributed by atoms with Gasteiger partial charge in [-0.25, -0.2) is 4.98 Å². The van der Waals surface area contributed by atoms with Gasteiger partial charge in [-0.2, -0.15) is 0 Å². The average Bonchev–Trinajstić information content (AvgIpc) is 2.94. The SMILES string of the molecule is COCCNC(=O)c1ccc(Cn2c(SCC(=O)Nc3ccccc3OC)nc3ccccc3c2=O)cc1. The molecule has 196 valence electrons. The van der Waals surface area contributed by atoms with Crippen LogP contribution >= 0.6 is 11.8 Å². The number of amides is 2.